The molecular formula is C11H13NO4. The molecule has 0 fully saturated rings. The summed E-state index contributed by atoms with van der Waals surface area (Å²) in [5.74, 6) is -1.25. The van der Waals surface area contributed by atoms with Gasteiger partial charge >= 0.3 is 11.9 Å². The van der Waals surface area contributed by atoms with Crippen molar-refractivity contribution in [3.8, 4) is 0 Å². The minimum Gasteiger partial charge on any atom is -0.466 e. The molecule has 0 aromatic heterocycles. The Morgan fingerprint density at radius 1 is 1.31 bits per heavy atom. The number of rotatable bonds is 3. The lowest BCUT2D eigenvalue weighted by atomic mass is 10.2. The number of benzene rings is 1. The van der Waals surface area contributed by atoms with E-state index in [1.165, 1.54) is 20.1 Å². The smallest absolute Gasteiger partial charge is 0.346 e. The summed E-state index contributed by atoms with van der Waals surface area (Å²) in [5.41, 5.74) is 6.13. The van der Waals surface area contributed by atoms with Crippen molar-refractivity contribution >= 4 is 17.6 Å². The summed E-state index contributed by atoms with van der Waals surface area (Å²) >= 11 is 0. The van der Waals surface area contributed by atoms with Crippen LogP contribution in [0.3, 0.4) is 0 Å². The summed E-state index contributed by atoms with van der Waals surface area (Å²) in [6, 6.07) is 6.48. The fourth-order valence-corrected chi connectivity index (χ4v) is 1.12. The highest BCUT2D eigenvalue weighted by Crippen LogP contribution is 2.13. The molecule has 2 N–H and O–H groups in total. The molecule has 1 rings (SSSR count). The van der Waals surface area contributed by atoms with E-state index >= 15 is 0 Å². The zero-order valence-electron chi connectivity index (χ0n) is 9.10. The van der Waals surface area contributed by atoms with Gasteiger partial charge in [0.2, 0.25) is 0 Å². The van der Waals surface area contributed by atoms with Crippen LogP contribution in [-0.2, 0) is 14.3 Å². The van der Waals surface area contributed by atoms with E-state index in [2.05, 4.69) is 4.74 Å². The van der Waals surface area contributed by atoms with Gasteiger partial charge in [-0.1, -0.05) is 12.1 Å². The second kappa shape index (κ2) is 5.16. The van der Waals surface area contributed by atoms with Crippen molar-refractivity contribution in [1.29, 1.82) is 0 Å². The molecule has 5 nitrogen and oxygen atoms in total. The Morgan fingerprint density at radius 3 is 2.50 bits per heavy atom. The van der Waals surface area contributed by atoms with Gasteiger partial charge in [0.15, 0.2) is 6.10 Å². The summed E-state index contributed by atoms with van der Waals surface area (Å²) in [7, 11) is 1.23. The normalized spacial score (nSPS) is 11.6. The van der Waals surface area contributed by atoms with Gasteiger partial charge in [0.1, 0.15) is 0 Å². The molecule has 0 amide bonds. The molecule has 0 heterocycles. The highest BCUT2D eigenvalue weighted by molar-refractivity contribution is 5.96. The molecular weight excluding hydrogens is 210 g/mol. The van der Waals surface area contributed by atoms with Gasteiger partial charge < -0.3 is 15.2 Å². The maximum absolute atomic E-state index is 11.6. The minimum atomic E-state index is -0.947. The lowest BCUT2D eigenvalue weighted by molar-refractivity contribution is -0.149. The van der Waals surface area contributed by atoms with Crippen molar-refractivity contribution in [3.05, 3.63) is 29.8 Å². The largest absolute Gasteiger partial charge is 0.466 e. The van der Waals surface area contributed by atoms with E-state index in [1.54, 1.807) is 18.2 Å². The maximum Gasteiger partial charge on any atom is 0.346 e. The third-order valence-electron chi connectivity index (χ3n) is 2.00. The minimum absolute atomic E-state index is 0.234. The second-order valence-electron chi connectivity index (χ2n) is 3.16. The number of ether oxygens (including phenoxy) is 2. The van der Waals surface area contributed by atoms with E-state index in [0.29, 0.717) is 5.69 Å². The van der Waals surface area contributed by atoms with Gasteiger partial charge in [0.05, 0.1) is 12.7 Å². The summed E-state index contributed by atoms with van der Waals surface area (Å²) in [4.78, 5) is 22.6. The van der Waals surface area contributed by atoms with E-state index in [-0.39, 0.29) is 5.56 Å². The number of hydrogen-bond acceptors (Lipinski definition) is 5. The highest BCUT2D eigenvalue weighted by Gasteiger charge is 2.20. The Morgan fingerprint density at radius 2 is 1.94 bits per heavy atom. The SMILES string of the molecule is COC(=O)C(C)OC(=O)c1ccccc1N. The first-order valence-electron chi connectivity index (χ1n) is 4.69. The average Bonchev–Trinajstić information content (AvgIpc) is 2.28. The molecule has 86 valence electrons. The monoisotopic (exact) mass is 223 g/mol. The van der Waals surface area contributed by atoms with Gasteiger partial charge in [0.25, 0.3) is 0 Å². The molecule has 0 saturated heterocycles. The molecule has 0 aliphatic rings. The van der Waals surface area contributed by atoms with Crippen molar-refractivity contribution < 1.29 is 19.1 Å². The Balaban J connectivity index is 2.73. The van der Waals surface area contributed by atoms with E-state index in [9.17, 15) is 9.59 Å². The fraction of sp³-hybridized carbons (Fsp3) is 0.273. The zero-order valence-corrected chi connectivity index (χ0v) is 9.10. The molecule has 0 saturated carbocycles. The van der Waals surface area contributed by atoms with Gasteiger partial charge in [-0.2, -0.15) is 0 Å². The number of hydrogen-bond donors (Lipinski definition) is 1. The predicted octanol–water partition coefficient (Wildman–Crippen LogP) is 0.987. The van der Waals surface area contributed by atoms with Crippen molar-refractivity contribution in [2.24, 2.45) is 0 Å². The summed E-state index contributed by atoms with van der Waals surface area (Å²) in [5, 5.41) is 0. The number of nitrogens with two attached hydrogens (primary N) is 1. The number of esters is 2. The van der Waals surface area contributed by atoms with Gasteiger partial charge in [-0.15, -0.1) is 0 Å². The lowest BCUT2D eigenvalue weighted by Crippen LogP contribution is -2.25. The molecule has 1 aromatic rings. The van der Waals surface area contributed by atoms with E-state index in [0.717, 1.165) is 0 Å². The summed E-state index contributed by atoms with van der Waals surface area (Å²) in [6.45, 7) is 1.43. The third-order valence-corrected chi connectivity index (χ3v) is 2.00. The van der Waals surface area contributed by atoms with Gasteiger partial charge in [-0.3, -0.25) is 0 Å². The van der Waals surface area contributed by atoms with Crippen LogP contribution in [0.15, 0.2) is 24.3 Å². The quantitative estimate of drug-likeness (QED) is 0.610. The van der Waals surface area contributed by atoms with Crippen LogP contribution in [0.5, 0.6) is 0 Å². The topological polar surface area (TPSA) is 78.6 Å². The number of methoxy groups -OCH3 is 1. The number of carbonyl (C=O) groups excluding carboxylic acids is 2. The van der Waals surface area contributed by atoms with Crippen LogP contribution >= 0.6 is 0 Å². The van der Waals surface area contributed by atoms with Gasteiger partial charge in [-0.05, 0) is 19.1 Å². The number of para-hydroxylation sites is 1. The Kier molecular flexibility index (Phi) is 3.88. The van der Waals surface area contributed by atoms with Crippen molar-refractivity contribution in [2.45, 2.75) is 13.0 Å². The highest BCUT2D eigenvalue weighted by atomic mass is 16.6. The van der Waals surface area contributed by atoms with Gasteiger partial charge in [-0.25, -0.2) is 9.59 Å². The molecule has 16 heavy (non-hydrogen) atoms. The molecule has 1 unspecified atom stereocenters. The fourth-order valence-electron chi connectivity index (χ4n) is 1.12. The summed E-state index contributed by atoms with van der Waals surface area (Å²) in [6.07, 6.45) is -0.947. The molecule has 0 radical (unpaired) electrons. The number of carbonyl (C=O) groups is 2. The van der Waals surface area contributed by atoms with Crippen LogP contribution in [0.4, 0.5) is 5.69 Å². The van der Waals surface area contributed by atoms with Crippen LogP contribution in [-0.4, -0.2) is 25.2 Å². The van der Waals surface area contributed by atoms with Crippen LogP contribution in [0.1, 0.15) is 17.3 Å². The van der Waals surface area contributed by atoms with E-state index in [1.807, 2.05) is 0 Å². The number of nitrogen functional groups attached to an aromatic ring is 1. The lowest BCUT2D eigenvalue weighted by Gasteiger charge is -2.11. The Hall–Kier alpha value is -2.04. The van der Waals surface area contributed by atoms with Crippen molar-refractivity contribution in [1.82, 2.24) is 0 Å². The molecule has 0 aliphatic carbocycles. The molecule has 5 heteroatoms. The predicted molar refractivity (Wildman–Crippen MR) is 57.7 cm³/mol. The second-order valence-corrected chi connectivity index (χ2v) is 3.16. The maximum atomic E-state index is 11.6. The molecule has 0 bridgehead atoms. The Bertz CT molecular complexity index is 403. The first-order valence-corrected chi connectivity index (χ1v) is 4.69. The van der Waals surface area contributed by atoms with Crippen LogP contribution in [0.2, 0.25) is 0 Å². The van der Waals surface area contributed by atoms with E-state index in [4.69, 9.17) is 10.5 Å². The molecule has 1 atom stereocenters. The number of anilines is 1. The van der Waals surface area contributed by atoms with Crippen molar-refractivity contribution in [2.75, 3.05) is 12.8 Å². The average molecular weight is 223 g/mol. The van der Waals surface area contributed by atoms with E-state index < -0.39 is 18.0 Å². The van der Waals surface area contributed by atoms with Crippen LogP contribution in [0, 0.1) is 0 Å². The first-order chi connectivity index (χ1) is 7.56. The van der Waals surface area contributed by atoms with Crippen LogP contribution in [0.25, 0.3) is 0 Å². The standard InChI is InChI=1S/C11H13NO4/c1-7(10(13)15-2)16-11(14)8-5-3-4-6-9(8)12/h3-7H,12H2,1-2H3. The zero-order chi connectivity index (χ0) is 12.1. The summed E-state index contributed by atoms with van der Waals surface area (Å²) < 4.78 is 9.31. The molecule has 0 aliphatic heterocycles. The van der Waals surface area contributed by atoms with Gasteiger partial charge in [0, 0.05) is 5.69 Å². The molecule has 1 aromatic carbocycles. The Labute approximate surface area is 93.1 Å². The first kappa shape index (κ1) is 12.0. The van der Waals surface area contributed by atoms with Crippen LogP contribution < -0.4 is 5.73 Å². The third kappa shape index (κ3) is 2.73. The van der Waals surface area contributed by atoms with Crippen molar-refractivity contribution in [3.63, 3.8) is 0 Å². The molecule has 0 spiro atoms.